The third-order valence-corrected chi connectivity index (χ3v) is 10.7. The Kier molecular flexibility index (Phi) is 10.1. The summed E-state index contributed by atoms with van der Waals surface area (Å²) in [6, 6.07) is 5.26. The van der Waals surface area contributed by atoms with Crippen molar-refractivity contribution in [3.63, 3.8) is 0 Å². The van der Waals surface area contributed by atoms with Crippen LogP contribution < -0.4 is 5.43 Å². The highest BCUT2D eigenvalue weighted by Crippen LogP contribution is 2.37. The molecule has 0 spiro atoms. The van der Waals surface area contributed by atoms with Crippen molar-refractivity contribution in [2.75, 3.05) is 25.1 Å². The summed E-state index contributed by atoms with van der Waals surface area (Å²) >= 11 is 5.78. The van der Waals surface area contributed by atoms with Gasteiger partial charge in [0.1, 0.15) is 11.5 Å². The molecule has 0 aromatic carbocycles. The molecule has 2 heterocycles. The number of hydrogen-bond donors (Lipinski definition) is 1. The van der Waals surface area contributed by atoms with E-state index in [9.17, 15) is 4.79 Å². The Morgan fingerprint density at radius 3 is 2.74 bits per heavy atom. The van der Waals surface area contributed by atoms with E-state index in [0.29, 0.717) is 43.5 Å². The van der Waals surface area contributed by atoms with E-state index in [1.807, 2.05) is 26.0 Å². The van der Waals surface area contributed by atoms with Crippen LogP contribution in [0.1, 0.15) is 47.1 Å². The van der Waals surface area contributed by atoms with E-state index in [1.165, 1.54) is 5.01 Å². The van der Waals surface area contributed by atoms with Crippen LogP contribution in [0.5, 0.6) is 0 Å². The molecule has 10 nitrogen and oxygen atoms in total. The van der Waals surface area contributed by atoms with Gasteiger partial charge in [0.15, 0.2) is 8.32 Å². The molecular formula is C23H37ClN8O2Si. The van der Waals surface area contributed by atoms with Crippen molar-refractivity contribution < 1.29 is 9.22 Å². The van der Waals surface area contributed by atoms with Crippen LogP contribution >= 0.6 is 11.6 Å². The van der Waals surface area contributed by atoms with E-state index >= 15 is 0 Å². The summed E-state index contributed by atoms with van der Waals surface area (Å²) in [6.45, 7) is 20.4. The first-order valence-corrected chi connectivity index (χ1v) is 14.9. The fourth-order valence-corrected chi connectivity index (χ4v) is 3.98. The van der Waals surface area contributed by atoms with Gasteiger partial charge >= 0.3 is 5.37 Å². The third-order valence-electron chi connectivity index (χ3n) is 5.95. The highest BCUT2D eigenvalue weighted by atomic mass is 35.5. The van der Waals surface area contributed by atoms with Gasteiger partial charge < -0.3 is 4.43 Å². The number of aromatic nitrogens is 5. The van der Waals surface area contributed by atoms with E-state index in [-0.39, 0.29) is 11.1 Å². The lowest BCUT2D eigenvalue weighted by Gasteiger charge is -2.36. The number of hydrogen-bond acceptors (Lipinski definition) is 8. The molecule has 2 aromatic rings. The summed E-state index contributed by atoms with van der Waals surface area (Å²) in [7, 11) is -1.91. The molecule has 0 radical (unpaired) electrons. The summed E-state index contributed by atoms with van der Waals surface area (Å²) in [6.07, 6.45) is 2.21. The number of carbonyl (C=O) groups excluding carboxylic acids is 1. The molecule has 0 aliphatic rings. The monoisotopic (exact) mass is 520 g/mol. The summed E-state index contributed by atoms with van der Waals surface area (Å²) in [5.74, 6) is 0.942. The molecular weight excluding hydrogens is 484 g/mol. The zero-order chi connectivity index (χ0) is 26.2. The van der Waals surface area contributed by atoms with Gasteiger partial charge in [-0.2, -0.15) is 0 Å². The number of pyridine rings is 1. The smallest absolute Gasteiger partial charge is 0.334 e. The Hall–Kier alpha value is -2.63. The number of aliphatic imine (C=N–C) groups is 1. The number of tetrazole rings is 1. The van der Waals surface area contributed by atoms with Crippen LogP contribution in [0, 0.1) is 0 Å². The van der Waals surface area contributed by atoms with Crippen LogP contribution in [0.4, 0.5) is 10.6 Å². The Bertz CT molecular complexity index is 1030. The maximum Gasteiger partial charge on any atom is 0.334 e. The molecule has 2 aromatic heterocycles. The average Bonchev–Trinajstić information content (AvgIpc) is 3.28. The Morgan fingerprint density at radius 1 is 1.40 bits per heavy atom. The molecule has 0 unspecified atom stereocenters. The molecule has 1 atom stereocenters. The van der Waals surface area contributed by atoms with Gasteiger partial charge in [0, 0.05) is 19.3 Å². The maximum absolute atomic E-state index is 11.9. The predicted molar refractivity (Wildman–Crippen MR) is 143 cm³/mol. The van der Waals surface area contributed by atoms with Crippen LogP contribution in [0.2, 0.25) is 18.1 Å². The van der Waals surface area contributed by atoms with E-state index in [2.05, 4.69) is 71.4 Å². The van der Waals surface area contributed by atoms with Crippen LogP contribution in [0.25, 0.3) is 11.5 Å². The van der Waals surface area contributed by atoms with E-state index in [1.54, 1.807) is 17.0 Å². The highest BCUT2D eigenvalue weighted by Gasteiger charge is 2.37. The number of amides is 1. The minimum absolute atomic E-state index is 0.0933. The van der Waals surface area contributed by atoms with E-state index in [4.69, 9.17) is 16.0 Å². The van der Waals surface area contributed by atoms with Crippen molar-refractivity contribution in [1.29, 1.82) is 0 Å². The third kappa shape index (κ3) is 8.22. The zero-order valence-corrected chi connectivity index (χ0v) is 23.5. The zero-order valence-electron chi connectivity index (χ0n) is 21.7. The summed E-state index contributed by atoms with van der Waals surface area (Å²) in [5, 5.41) is 12.9. The summed E-state index contributed by atoms with van der Waals surface area (Å²) in [4.78, 5) is 20.7. The average molecular weight is 521 g/mol. The van der Waals surface area contributed by atoms with E-state index < -0.39 is 13.7 Å². The quantitative estimate of drug-likeness (QED) is 0.132. The molecule has 1 amide bonds. The first-order valence-electron chi connectivity index (χ1n) is 11.7. The van der Waals surface area contributed by atoms with Gasteiger partial charge in [0.05, 0.1) is 12.6 Å². The number of nitrogens with one attached hydrogen (secondary N) is 1. The van der Waals surface area contributed by atoms with Crippen molar-refractivity contribution in [3.8, 4) is 11.5 Å². The molecule has 0 aliphatic heterocycles. The molecule has 35 heavy (non-hydrogen) atoms. The van der Waals surface area contributed by atoms with Crippen molar-refractivity contribution in [2.24, 2.45) is 4.99 Å². The predicted octanol–water partition coefficient (Wildman–Crippen LogP) is 5.34. The largest absolute Gasteiger partial charge is 0.415 e. The maximum atomic E-state index is 11.9. The second-order valence-corrected chi connectivity index (χ2v) is 15.0. The summed E-state index contributed by atoms with van der Waals surface area (Å²) < 4.78 is 8.07. The molecule has 192 valence electrons. The van der Waals surface area contributed by atoms with Gasteiger partial charge in [-0.1, -0.05) is 33.4 Å². The van der Waals surface area contributed by atoms with Crippen LogP contribution in [-0.2, 0) is 4.43 Å². The molecule has 0 saturated carbocycles. The summed E-state index contributed by atoms with van der Waals surface area (Å²) in [5.41, 5.74) is 4.31. The molecule has 2 rings (SSSR count). The van der Waals surface area contributed by atoms with Crippen molar-refractivity contribution in [2.45, 2.75) is 65.2 Å². The van der Waals surface area contributed by atoms with Crippen LogP contribution in [-0.4, -0.2) is 69.8 Å². The van der Waals surface area contributed by atoms with Gasteiger partial charge in [-0.3, -0.25) is 15.2 Å². The Labute approximate surface area is 213 Å². The lowest BCUT2D eigenvalue weighted by atomic mass is 10.2. The lowest BCUT2D eigenvalue weighted by molar-refractivity contribution is 0.229. The SMILES string of the molecule is C=C(C=NCC)CCN(Nc1cccc(-c2nnnn2[C@H](C)CO[Si](C)(C)C(C)(C)C)n1)C(=O)Cl. The first kappa shape index (κ1) is 28.6. The second-order valence-electron chi connectivity index (χ2n) is 9.83. The molecule has 0 bridgehead atoms. The molecule has 0 saturated heterocycles. The highest BCUT2D eigenvalue weighted by molar-refractivity contribution is 6.74. The van der Waals surface area contributed by atoms with Crippen molar-refractivity contribution in [1.82, 2.24) is 30.2 Å². The fraction of sp³-hybridized carbons (Fsp3) is 0.565. The van der Waals surface area contributed by atoms with Crippen molar-refractivity contribution >= 4 is 37.3 Å². The van der Waals surface area contributed by atoms with E-state index in [0.717, 1.165) is 5.57 Å². The fourth-order valence-electron chi connectivity index (χ4n) is 2.76. The first-order chi connectivity index (χ1) is 16.4. The van der Waals surface area contributed by atoms with Gasteiger partial charge in [-0.25, -0.2) is 14.7 Å². The molecule has 0 fully saturated rings. The van der Waals surface area contributed by atoms with Gasteiger partial charge in [0.25, 0.3) is 0 Å². The molecule has 0 aliphatic carbocycles. The Balaban J connectivity index is 2.14. The number of anilines is 1. The van der Waals surface area contributed by atoms with Crippen molar-refractivity contribution in [3.05, 3.63) is 30.4 Å². The standard InChI is InChI=1S/C23H37ClN8O2Si/c1-9-25-15-17(2)13-14-31(22(24)33)28-20-12-10-11-19(26-20)21-27-29-30-32(21)18(3)16-34-35(7,8)23(4,5)6/h10-12,15,18H,2,9,13-14,16H2,1,3-8H3,(H,26,28)/t18-/m1/s1. The van der Waals surface area contributed by atoms with Crippen LogP contribution in [0.15, 0.2) is 35.3 Å². The molecule has 1 N–H and O–H groups in total. The Morgan fingerprint density at radius 2 is 2.11 bits per heavy atom. The van der Waals surface area contributed by atoms with Crippen LogP contribution in [0.3, 0.4) is 0 Å². The number of hydrazine groups is 1. The number of halogens is 1. The number of nitrogens with zero attached hydrogens (tertiary/aromatic N) is 7. The number of rotatable bonds is 12. The minimum atomic E-state index is -1.91. The van der Waals surface area contributed by atoms with Gasteiger partial charge in [0.2, 0.25) is 5.82 Å². The second kappa shape index (κ2) is 12.4. The lowest BCUT2D eigenvalue weighted by Crippen LogP contribution is -2.42. The number of carbonyl (C=O) groups is 1. The van der Waals surface area contributed by atoms with Gasteiger partial charge in [-0.05, 0) is 78.1 Å². The topological polar surface area (TPSA) is 110 Å². The van der Waals surface area contributed by atoms with Gasteiger partial charge in [-0.15, -0.1) is 5.10 Å². The normalized spacial score (nSPS) is 13.1. The minimum Gasteiger partial charge on any atom is -0.415 e. The molecule has 12 heteroatoms.